The molecule has 0 spiro atoms. The van der Waals surface area contributed by atoms with Gasteiger partial charge in [0.1, 0.15) is 5.76 Å². The van der Waals surface area contributed by atoms with E-state index in [1.54, 1.807) is 6.26 Å². The summed E-state index contributed by atoms with van der Waals surface area (Å²) in [5.41, 5.74) is 1.09. The number of amides is 1. The minimum absolute atomic E-state index is 0.128. The lowest BCUT2D eigenvalue weighted by atomic mass is 10.2. The Morgan fingerprint density at radius 3 is 2.74 bits per heavy atom. The Kier molecular flexibility index (Phi) is 3.87. The Balaban J connectivity index is 1.28. The van der Waals surface area contributed by atoms with Crippen molar-refractivity contribution >= 4 is 5.91 Å². The fraction of sp³-hybridized carbons (Fsp3) is 0.444. The molecule has 23 heavy (non-hydrogen) atoms. The minimum atomic E-state index is 0.128. The van der Waals surface area contributed by atoms with Crippen molar-refractivity contribution in [3.63, 3.8) is 0 Å². The summed E-state index contributed by atoms with van der Waals surface area (Å²) in [6.07, 6.45) is 4.45. The van der Waals surface area contributed by atoms with Crippen LogP contribution in [-0.4, -0.2) is 46.9 Å². The van der Waals surface area contributed by atoms with Gasteiger partial charge in [0.15, 0.2) is 0 Å². The number of furan rings is 1. The third-order valence-electron chi connectivity index (χ3n) is 4.81. The zero-order valence-electron chi connectivity index (χ0n) is 13.1. The molecule has 1 amide bonds. The fourth-order valence-corrected chi connectivity index (χ4v) is 3.37. The number of pyridine rings is 1. The van der Waals surface area contributed by atoms with Crippen LogP contribution in [0.4, 0.5) is 0 Å². The second kappa shape index (κ2) is 6.16. The molecule has 0 bridgehead atoms. The molecule has 2 unspecified atom stereocenters. The summed E-state index contributed by atoms with van der Waals surface area (Å²) in [7, 11) is 0. The molecule has 2 aliphatic rings. The average Bonchev–Trinajstić information content (AvgIpc) is 3.21. The highest BCUT2D eigenvalue weighted by Gasteiger charge is 2.47. The van der Waals surface area contributed by atoms with Gasteiger partial charge >= 0.3 is 0 Å². The van der Waals surface area contributed by atoms with Crippen molar-refractivity contribution in [2.45, 2.75) is 18.9 Å². The Morgan fingerprint density at radius 1 is 1.17 bits per heavy atom. The Labute approximate surface area is 135 Å². The highest BCUT2D eigenvalue weighted by atomic mass is 16.3. The topological polar surface area (TPSA) is 49.6 Å². The first kappa shape index (κ1) is 14.5. The molecule has 0 aromatic carbocycles. The van der Waals surface area contributed by atoms with E-state index in [1.807, 2.05) is 35.4 Å². The zero-order chi connectivity index (χ0) is 15.6. The highest BCUT2D eigenvalue weighted by Crippen LogP contribution is 2.48. The molecule has 1 saturated carbocycles. The van der Waals surface area contributed by atoms with Crippen molar-refractivity contribution < 1.29 is 9.21 Å². The molecular formula is C18H21N3O2. The van der Waals surface area contributed by atoms with Gasteiger partial charge < -0.3 is 9.32 Å². The molecule has 3 heterocycles. The first-order valence-corrected chi connectivity index (χ1v) is 8.26. The van der Waals surface area contributed by atoms with E-state index in [0.29, 0.717) is 11.8 Å². The van der Waals surface area contributed by atoms with E-state index < -0.39 is 0 Å². The standard InChI is InChI=1S/C18H21N3O2/c22-18(16-12-15(16)17-5-3-11-23-17)21-9-7-20(8-10-21)13-14-4-1-2-6-19-14/h1-6,11,15-16H,7-10,12-13H2. The van der Waals surface area contributed by atoms with Gasteiger partial charge in [-0.3, -0.25) is 14.7 Å². The molecule has 1 aliphatic heterocycles. The Bertz CT molecular complexity index is 648. The van der Waals surface area contributed by atoms with Gasteiger partial charge in [-0.1, -0.05) is 6.07 Å². The summed E-state index contributed by atoms with van der Waals surface area (Å²) >= 11 is 0. The fourth-order valence-electron chi connectivity index (χ4n) is 3.37. The van der Waals surface area contributed by atoms with Crippen LogP contribution < -0.4 is 0 Å². The second-order valence-corrected chi connectivity index (χ2v) is 6.39. The number of rotatable bonds is 4. The van der Waals surface area contributed by atoms with Crippen LogP contribution in [0.2, 0.25) is 0 Å². The van der Waals surface area contributed by atoms with Crippen LogP contribution in [0.3, 0.4) is 0 Å². The molecule has 4 rings (SSSR count). The summed E-state index contributed by atoms with van der Waals surface area (Å²) in [6, 6.07) is 9.87. The van der Waals surface area contributed by atoms with Gasteiger partial charge in [-0.2, -0.15) is 0 Å². The molecule has 2 aromatic rings. The van der Waals surface area contributed by atoms with Crippen molar-refractivity contribution in [1.29, 1.82) is 0 Å². The molecule has 0 N–H and O–H groups in total. The van der Waals surface area contributed by atoms with E-state index in [9.17, 15) is 4.79 Å². The number of carbonyl (C=O) groups excluding carboxylic acids is 1. The predicted octanol–water partition coefficient (Wildman–Crippen LogP) is 2.12. The smallest absolute Gasteiger partial charge is 0.226 e. The molecule has 2 aromatic heterocycles. The van der Waals surface area contributed by atoms with Crippen LogP contribution in [-0.2, 0) is 11.3 Å². The zero-order valence-corrected chi connectivity index (χ0v) is 13.1. The second-order valence-electron chi connectivity index (χ2n) is 6.39. The van der Waals surface area contributed by atoms with Crippen molar-refractivity contribution in [3.8, 4) is 0 Å². The van der Waals surface area contributed by atoms with Crippen LogP contribution in [0, 0.1) is 5.92 Å². The lowest BCUT2D eigenvalue weighted by molar-refractivity contribution is -0.134. The van der Waals surface area contributed by atoms with Gasteiger partial charge in [0.2, 0.25) is 5.91 Å². The first-order valence-electron chi connectivity index (χ1n) is 8.26. The maximum Gasteiger partial charge on any atom is 0.226 e. The van der Waals surface area contributed by atoms with Crippen molar-refractivity contribution in [3.05, 3.63) is 54.2 Å². The van der Waals surface area contributed by atoms with E-state index in [0.717, 1.165) is 50.6 Å². The highest BCUT2D eigenvalue weighted by molar-refractivity contribution is 5.83. The van der Waals surface area contributed by atoms with E-state index in [2.05, 4.69) is 16.0 Å². The maximum atomic E-state index is 12.6. The summed E-state index contributed by atoms with van der Waals surface area (Å²) in [5.74, 6) is 1.67. The van der Waals surface area contributed by atoms with Gasteiger partial charge in [0.25, 0.3) is 0 Å². The Morgan fingerprint density at radius 2 is 2.04 bits per heavy atom. The maximum absolute atomic E-state index is 12.6. The number of carbonyl (C=O) groups is 1. The third kappa shape index (κ3) is 3.15. The number of hydrogen-bond acceptors (Lipinski definition) is 4. The SMILES string of the molecule is O=C(C1CC1c1ccco1)N1CCN(Cc2ccccn2)CC1. The normalized spacial score (nSPS) is 24.6. The largest absolute Gasteiger partial charge is 0.469 e. The van der Waals surface area contributed by atoms with E-state index in [1.165, 1.54) is 0 Å². The minimum Gasteiger partial charge on any atom is -0.469 e. The van der Waals surface area contributed by atoms with E-state index in [-0.39, 0.29) is 5.92 Å². The average molecular weight is 311 g/mol. The van der Waals surface area contributed by atoms with Gasteiger partial charge in [0, 0.05) is 50.8 Å². The first-order chi connectivity index (χ1) is 11.3. The van der Waals surface area contributed by atoms with Crippen molar-refractivity contribution in [2.75, 3.05) is 26.2 Å². The summed E-state index contributed by atoms with van der Waals surface area (Å²) in [5, 5.41) is 0. The molecule has 5 nitrogen and oxygen atoms in total. The molecule has 1 saturated heterocycles. The quantitative estimate of drug-likeness (QED) is 0.868. The van der Waals surface area contributed by atoms with Crippen LogP contribution in [0.5, 0.6) is 0 Å². The summed E-state index contributed by atoms with van der Waals surface area (Å²) in [4.78, 5) is 21.3. The van der Waals surface area contributed by atoms with Gasteiger partial charge in [-0.25, -0.2) is 0 Å². The van der Waals surface area contributed by atoms with Gasteiger partial charge in [-0.15, -0.1) is 0 Å². The number of aromatic nitrogens is 1. The van der Waals surface area contributed by atoms with Crippen molar-refractivity contribution in [2.24, 2.45) is 5.92 Å². The van der Waals surface area contributed by atoms with Gasteiger partial charge in [0.05, 0.1) is 12.0 Å². The monoisotopic (exact) mass is 311 g/mol. The lowest BCUT2D eigenvalue weighted by Gasteiger charge is -2.34. The molecule has 120 valence electrons. The van der Waals surface area contributed by atoms with Crippen LogP contribution in [0.1, 0.15) is 23.8 Å². The summed E-state index contributed by atoms with van der Waals surface area (Å²) in [6.45, 7) is 4.32. The molecule has 5 heteroatoms. The predicted molar refractivity (Wildman–Crippen MR) is 85.7 cm³/mol. The molecule has 0 radical (unpaired) electrons. The molecule has 2 atom stereocenters. The number of hydrogen-bond donors (Lipinski definition) is 0. The third-order valence-corrected chi connectivity index (χ3v) is 4.81. The molecule has 2 fully saturated rings. The van der Waals surface area contributed by atoms with Crippen LogP contribution in [0.25, 0.3) is 0 Å². The van der Waals surface area contributed by atoms with Crippen molar-refractivity contribution in [1.82, 2.24) is 14.8 Å². The molecule has 1 aliphatic carbocycles. The Hall–Kier alpha value is -2.14. The van der Waals surface area contributed by atoms with E-state index >= 15 is 0 Å². The molecular weight excluding hydrogens is 290 g/mol. The van der Waals surface area contributed by atoms with Crippen LogP contribution >= 0.6 is 0 Å². The van der Waals surface area contributed by atoms with Crippen LogP contribution in [0.15, 0.2) is 47.2 Å². The summed E-state index contributed by atoms with van der Waals surface area (Å²) < 4.78 is 5.42. The number of piperazine rings is 1. The lowest BCUT2D eigenvalue weighted by Crippen LogP contribution is -2.48. The van der Waals surface area contributed by atoms with Gasteiger partial charge in [-0.05, 0) is 30.7 Å². The van der Waals surface area contributed by atoms with E-state index in [4.69, 9.17) is 4.42 Å². The number of nitrogens with zero attached hydrogens (tertiary/aromatic N) is 3.